The zero-order valence-electron chi connectivity index (χ0n) is 11.1. The molecule has 110 valence electrons. The number of nitrogens with one attached hydrogen (secondary N) is 2. The first kappa shape index (κ1) is 14.5. The number of anilines is 1. The van der Waals surface area contributed by atoms with Gasteiger partial charge < -0.3 is 4.74 Å². The number of hydrogen-bond donors (Lipinski definition) is 2. The Hall–Kier alpha value is -2.91. The Kier molecular flexibility index (Phi) is 4.49. The highest BCUT2D eigenvalue weighted by Crippen LogP contribution is 2.07. The van der Waals surface area contributed by atoms with Gasteiger partial charge in [-0.2, -0.15) is 4.98 Å². The number of hydrogen-bond acceptors (Lipinski definition) is 6. The Morgan fingerprint density at radius 2 is 2.48 bits per heavy atom. The first-order valence-electron chi connectivity index (χ1n) is 5.93. The lowest BCUT2D eigenvalue weighted by Gasteiger charge is -2.05. The van der Waals surface area contributed by atoms with Crippen LogP contribution in [0.4, 0.5) is 5.95 Å². The summed E-state index contributed by atoms with van der Waals surface area (Å²) in [5, 5.41) is 5.72. The van der Waals surface area contributed by atoms with Crippen molar-refractivity contribution in [2.45, 2.75) is 13.7 Å². The number of imidazole rings is 1. The molecule has 0 saturated carbocycles. The zero-order chi connectivity index (χ0) is 15.2. The van der Waals surface area contributed by atoms with Gasteiger partial charge in [0.25, 0.3) is 5.56 Å². The number of azide groups is 1. The number of aromatic nitrogens is 4. The van der Waals surface area contributed by atoms with Crippen LogP contribution in [-0.2, 0) is 16.3 Å². The summed E-state index contributed by atoms with van der Waals surface area (Å²) in [5.74, 6) is -0.315. The molecular formula is C10H12N8O3. The highest BCUT2D eigenvalue weighted by atomic mass is 16.5. The molecule has 0 saturated heterocycles. The van der Waals surface area contributed by atoms with E-state index in [0.29, 0.717) is 0 Å². The summed E-state index contributed by atoms with van der Waals surface area (Å²) in [6.07, 6.45) is 1.40. The van der Waals surface area contributed by atoms with Crippen molar-refractivity contribution in [1.29, 1.82) is 0 Å². The van der Waals surface area contributed by atoms with Crippen molar-refractivity contribution >= 4 is 23.0 Å². The van der Waals surface area contributed by atoms with Crippen LogP contribution in [0.5, 0.6) is 0 Å². The molecule has 0 bridgehead atoms. The molecule has 2 heterocycles. The Balaban J connectivity index is 2.20. The lowest BCUT2D eigenvalue weighted by atomic mass is 10.5. The van der Waals surface area contributed by atoms with Crippen molar-refractivity contribution in [1.82, 2.24) is 19.5 Å². The fraction of sp³-hybridized carbons (Fsp3) is 0.400. The largest absolute Gasteiger partial charge is 0.361 e. The molecular weight excluding hydrogens is 280 g/mol. The standard InChI is InChI=1S/C10H12N8O3/c1-6(19)14-10-15-8-7(9(20)16-10)12-4-18(8)5-21-3-2-13-17-11/h4H,2-3,5H2,1H3,(H2,14,15,16,19,20). The van der Waals surface area contributed by atoms with Gasteiger partial charge >= 0.3 is 0 Å². The van der Waals surface area contributed by atoms with E-state index in [2.05, 4.69) is 30.3 Å². The molecule has 0 aromatic carbocycles. The van der Waals surface area contributed by atoms with Gasteiger partial charge in [0, 0.05) is 18.4 Å². The first-order valence-corrected chi connectivity index (χ1v) is 5.93. The average Bonchev–Trinajstić information content (AvgIpc) is 2.81. The Morgan fingerprint density at radius 1 is 1.67 bits per heavy atom. The summed E-state index contributed by atoms with van der Waals surface area (Å²) in [6.45, 7) is 1.83. The van der Waals surface area contributed by atoms with E-state index in [1.165, 1.54) is 17.8 Å². The molecule has 2 aromatic heterocycles. The van der Waals surface area contributed by atoms with Gasteiger partial charge in [-0.15, -0.1) is 0 Å². The Morgan fingerprint density at radius 3 is 3.19 bits per heavy atom. The minimum absolute atomic E-state index is 0.0378. The van der Waals surface area contributed by atoms with Crippen molar-refractivity contribution in [3.63, 3.8) is 0 Å². The van der Waals surface area contributed by atoms with Crippen LogP contribution >= 0.6 is 0 Å². The predicted octanol–water partition coefficient (Wildman–Crippen LogP) is 0.362. The lowest BCUT2D eigenvalue weighted by molar-refractivity contribution is -0.114. The van der Waals surface area contributed by atoms with Gasteiger partial charge in [0.05, 0.1) is 12.9 Å². The number of ether oxygens (including phenoxy) is 1. The van der Waals surface area contributed by atoms with Gasteiger partial charge in [-0.1, -0.05) is 5.11 Å². The molecule has 11 nitrogen and oxygen atoms in total. The van der Waals surface area contributed by atoms with Crippen LogP contribution in [0.15, 0.2) is 16.2 Å². The van der Waals surface area contributed by atoms with E-state index in [9.17, 15) is 9.59 Å². The molecule has 0 aliphatic rings. The molecule has 2 rings (SSSR count). The third-order valence-corrected chi connectivity index (χ3v) is 2.40. The van der Waals surface area contributed by atoms with Crippen LogP contribution in [0.3, 0.4) is 0 Å². The van der Waals surface area contributed by atoms with Gasteiger partial charge in [-0.3, -0.25) is 24.5 Å². The lowest BCUT2D eigenvalue weighted by Crippen LogP contribution is -2.17. The van der Waals surface area contributed by atoms with Crippen molar-refractivity contribution in [3.8, 4) is 0 Å². The van der Waals surface area contributed by atoms with E-state index in [1.54, 1.807) is 0 Å². The summed E-state index contributed by atoms with van der Waals surface area (Å²) >= 11 is 0. The van der Waals surface area contributed by atoms with E-state index < -0.39 is 5.56 Å². The second-order valence-electron chi connectivity index (χ2n) is 3.97. The molecule has 0 radical (unpaired) electrons. The topological polar surface area (TPSA) is 151 Å². The third kappa shape index (κ3) is 3.55. The third-order valence-electron chi connectivity index (χ3n) is 2.40. The molecule has 0 fully saturated rings. The van der Waals surface area contributed by atoms with Gasteiger partial charge in [0.1, 0.15) is 6.73 Å². The van der Waals surface area contributed by atoms with E-state index in [1.807, 2.05) is 0 Å². The summed E-state index contributed by atoms with van der Waals surface area (Å²) in [7, 11) is 0. The van der Waals surface area contributed by atoms with E-state index in [0.717, 1.165) is 0 Å². The van der Waals surface area contributed by atoms with Crippen molar-refractivity contribution in [2.75, 3.05) is 18.5 Å². The minimum atomic E-state index is -0.461. The summed E-state index contributed by atoms with van der Waals surface area (Å²) in [5.41, 5.74) is 8.09. The van der Waals surface area contributed by atoms with E-state index >= 15 is 0 Å². The SMILES string of the molecule is CC(=O)Nc1nc2c(ncn2COCCN=[N+]=[N-])c(=O)[nH]1. The maximum absolute atomic E-state index is 11.8. The number of fused-ring (bicyclic) bond motifs is 1. The normalized spacial score (nSPS) is 10.3. The van der Waals surface area contributed by atoms with Gasteiger partial charge in [0.2, 0.25) is 11.9 Å². The number of H-pyrrole nitrogens is 1. The molecule has 2 N–H and O–H groups in total. The van der Waals surface area contributed by atoms with E-state index in [4.69, 9.17) is 10.3 Å². The highest BCUT2D eigenvalue weighted by Gasteiger charge is 2.10. The molecule has 0 spiro atoms. The number of aromatic amines is 1. The average molecular weight is 292 g/mol. The van der Waals surface area contributed by atoms with Crippen LogP contribution in [0, 0.1) is 0 Å². The summed E-state index contributed by atoms with van der Waals surface area (Å²) < 4.78 is 6.77. The number of rotatable bonds is 6. The van der Waals surface area contributed by atoms with Crippen LogP contribution in [0.1, 0.15) is 6.92 Å². The van der Waals surface area contributed by atoms with Crippen LogP contribution in [-0.4, -0.2) is 38.6 Å². The predicted molar refractivity (Wildman–Crippen MR) is 72.4 cm³/mol. The molecule has 21 heavy (non-hydrogen) atoms. The molecule has 1 amide bonds. The molecule has 2 aromatic rings. The second kappa shape index (κ2) is 6.50. The quantitative estimate of drug-likeness (QED) is 0.341. The zero-order valence-corrected chi connectivity index (χ0v) is 11.1. The van der Waals surface area contributed by atoms with Gasteiger partial charge in [-0.05, 0) is 5.53 Å². The van der Waals surface area contributed by atoms with Crippen LogP contribution in [0.2, 0.25) is 0 Å². The number of carbonyl (C=O) groups is 1. The summed E-state index contributed by atoms with van der Waals surface area (Å²) in [6, 6.07) is 0. The maximum atomic E-state index is 11.8. The number of nitrogens with zero attached hydrogens (tertiary/aromatic N) is 6. The first-order chi connectivity index (χ1) is 10.1. The van der Waals surface area contributed by atoms with Crippen molar-refractivity contribution in [3.05, 3.63) is 27.1 Å². The minimum Gasteiger partial charge on any atom is -0.361 e. The number of carbonyl (C=O) groups excluding carboxylic acids is 1. The van der Waals surface area contributed by atoms with Crippen molar-refractivity contribution in [2.24, 2.45) is 5.11 Å². The fourth-order valence-corrected chi connectivity index (χ4v) is 1.59. The van der Waals surface area contributed by atoms with Crippen molar-refractivity contribution < 1.29 is 9.53 Å². The van der Waals surface area contributed by atoms with Gasteiger partial charge in [0.15, 0.2) is 11.2 Å². The second-order valence-corrected chi connectivity index (χ2v) is 3.97. The molecule has 0 atom stereocenters. The maximum Gasteiger partial charge on any atom is 0.280 e. The molecule has 11 heteroatoms. The Bertz CT molecular complexity index is 757. The fourth-order valence-electron chi connectivity index (χ4n) is 1.59. The van der Waals surface area contributed by atoms with Crippen LogP contribution < -0.4 is 10.9 Å². The monoisotopic (exact) mass is 292 g/mol. The Labute approximate surface area is 117 Å². The summed E-state index contributed by atoms with van der Waals surface area (Å²) in [4.78, 5) is 35.8. The van der Waals surface area contributed by atoms with Gasteiger partial charge in [-0.25, -0.2) is 4.98 Å². The molecule has 0 unspecified atom stereocenters. The number of amides is 1. The molecule has 0 aliphatic carbocycles. The van der Waals surface area contributed by atoms with Crippen LogP contribution in [0.25, 0.3) is 21.6 Å². The molecule has 0 aliphatic heterocycles. The smallest absolute Gasteiger partial charge is 0.280 e. The highest BCUT2D eigenvalue weighted by molar-refractivity contribution is 5.87. The van der Waals surface area contributed by atoms with E-state index in [-0.39, 0.29) is 42.9 Å².